The Morgan fingerprint density at radius 3 is 2.79 bits per heavy atom. The molecule has 1 aliphatic heterocycles. The van der Waals surface area contributed by atoms with Gasteiger partial charge in [0, 0.05) is 25.5 Å². The van der Waals surface area contributed by atoms with Crippen molar-refractivity contribution in [3.8, 4) is 0 Å². The second-order valence-electron chi connectivity index (χ2n) is 4.57. The maximum atomic E-state index is 5.82. The summed E-state index contributed by atoms with van der Waals surface area (Å²) in [6.45, 7) is 9.81. The topological polar surface area (TPSA) is 12.5 Å². The molecule has 1 saturated heterocycles. The molecule has 3 heteroatoms. The van der Waals surface area contributed by atoms with Crippen molar-refractivity contribution in [2.24, 2.45) is 5.92 Å². The number of hydrogen-bond donors (Lipinski definition) is 0. The average Bonchev–Trinajstić information content (AvgIpc) is 2.27. The highest BCUT2D eigenvalue weighted by Gasteiger charge is 2.20. The normalized spacial score (nSPS) is 32.6. The van der Waals surface area contributed by atoms with Crippen molar-refractivity contribution in [2.75, 3.05) is 25.5 Å². The highest BCUT2D eigenvalue weighted by Crippen LogP contribution is 2.13. The summed E-state index contributed by atoms with van der Waals surface area (Å²) in [5.41, 5.74) is 0. The van der Waals surface area contributed by atoms with Crippen LogP contribution < -0.4 is 0 Å². The predicted molar refractivity (Wildman–Crippen MR) is 61.0 cm³/mol. The lowest BCUT2D eigenvalue weighted by Gasteiger charge is -2.24. The third kappa shape index (κ3) is 4.16. The van der Waals surface area contributed by atoms with E-state index in [1.165, 1.54) is 0 Å². The van der Waals surface area contributed by atoms with Gasteiger partial charge in [0.05, 0.1) is 12.2 Å². The molecule has 0 spiro atoms. The molecule has 1 aliphatic rings. The van der Waals surface area contributed by atoms with Crippen LogP contribution in [0.1, 0.15) is 27.2 Å². The Morgan fingerprint density at radius 1 is 1.43 bits per heavy atom. The number of alkyl halides is 1. The summed E-state index contributed by atoms with van der Waals surface area (Å²) >= 11 is 5.82. The van der Waals surface area contributed by atoms with Gasteiger partial charge < -0.3 is 9.64 Å². The van der Waals surface area contributed by atoms with Crippen molar-refractivity contribution in [3.05, 3.63) is 0 Å². The minimum absolute atomic E-state index is 0.357. The third-order valence-electron chi connectivity index (χ3n) is 2.67. The molecule has 1 heterocycles. The molecule has 14 heavy (non-hydrogen) atoms. The summed E-state index contributed by atoms with van der Waals surface area (Å²) in [7, 11) is 0. The van der Waals surface area contributed by atoms with Crippen molar-refractivity contribution in [1.82, 2.24) is 4.90 Å². The summed E-state index contributed by atoms with van der Waals surface area (Å²) < 4.78 is 5.78. The van der Waals surface area contributed by atoms with Gasteiger partial charge in [0.2, 0.25) is 0 Å². The minimum Gasteiger partial charge on any atom is -0.374 e. The fourth-order valence-corrected chi connectivity index (χ4v) is 2.08. The molecule has 84 valence electrons. The van der Waals surface area contributed by atoms with E-state index in [2.05, 4.69) is 25.7 Å². The first-order valence-electron chi connectivity index (χ1n) is 5.55. The maximum absolute atomic E-state index is 5.82. The summed E-state index contributed by atoms with van der Waals surface area (Å²) in [6.07, 6.45) is 1.90. The standard InChI is InChI=1S/C11H22ClNO/c1-9(6-12)7-13-5-4-10(2)14-11(3)8-13/h9-11H,4-8H2,1-3H3. The van der Waals surface area contributed by atoms with Gasteiger partial charge in [-0.05, 0) is 26.2 Å². The van der Waals surface area contributed by atoms with E-state index in [9.17, 15) is 0 Å². The van der Waals surface area contributed by atoms with Crippen molar-refractivity contribution < 1.29 is 4.74 Å². The number of hydrogen-bond acceptors (Lipinski definition) is 2. The van der Waals surface area contributed by atoms with Crippen molar-refractivity contribution in [1.29, 1.82) is 0 Å². The smallest absolute Gasteiger partial charge is 0.0677 e. The summed E-state index contributed by atoms with van der Waals surface area (Å²) in [5, 5.41) is 0. The Morgan fingerprint density at radius 2 is 2.14 bits per heavy atom. The van der Waals surface area contributed by atoms with Gasteiger partial charge in [0.1, 0.15) is 0 Å². The molecule has 0 aromatic heterocycles. The lowest BCUT2D eigenvalue weighted by atomic mass is 10.2. The Kier molecular flexibility index (Phi) is 5.21. The molecule has 0 amide bonds. The molecule has 1 rings (SSSR count). The Balaban J connectivity index is 2.37. The molecule has 0 aromatic carbocycles. The zero-order valence-corrected chi connectivity index (χ0v) is 10.3. The molecule has 2 nitrogen and oxygen atoms in total. The van der Waals surface area contributed by atoms with Crippen LogP contribution in [0.4, 0.5) is 0 Å². The molecular formula is C11H22ClNO. The van der Waals surface area contributed by atoms with E-state index in [0.717, 1.165) is 31.9 Å². The molecule has 0 aliphatic carbocycles. The first-order valence-corrected chi connectivity index (χ1v) is 6.09. The van der Waals surface area contributed by atoms with Crippen LogP contribution in [0.2, 0.25) is 0 Å². The van der Waals surface area contributed by atoms with E-state index in [0.29, 0.717) is 18.1 Å². The van der Waals surface area contributed by atoms with Crippen molar-refractivity contribution in [2.45, 2.75) is 39.4 Å². The van der Waals surface area contributed by atoms with Crippen molar-refractivity contribution in [3.63, 3.8) is 0 Å². The van der Waals surface area contributed by atoms with E-state index in [4.69, 9.17) is 16.3 Å². The molecule has 3 atom stereocenters. The van der Waals surface area contributed by atoms with Gasteiger partial charge in [-0.15, -0.1) is 11.6 Å². The van der Waals surface area contributed by atoms with Crippen LogP contribution in [0.5, 0.6) is 0 Å². The van der Waals surface area contributed by atoms with Gasteiger partial charge in [-0.2, -0.15) is 0 Å². The lowest BCUT2D eigenvalue weighted by molar-refractivity contribution is 0.0137. The van der Waals surface area contributed by atoms with Gasteiger partial charge in [0.25, 0.3) is 0 Å². The molecule has 1 fully saturated rings. The molecule has 3 unspecified atom stereocenters. The van der Waals surface area contributed by atoms with Gasteiger partial charge in [-0.3, -0.25) is 0 Å². The molecular weight excluding hydrogens is 198 g/mol. The second-order valence-corrected chi connectivity index (χ2v) is 4.87. The van der Waals surface area contributed by atoms with Crippen LogP contribution >= 0.6 is 11.6 Å². The number of ether oxygens (including phenoxy) is 1. The van der Waals surface area contributed by atoms with Crippen LogP contribution in [-0.2, 0) is 4.74 Å². The zero-order valence-electron chi connectivity index (χ0n) is 9.50. The molecule has 0 aromatic rings. The quantitative estimate of drug-likeness (QED) is 0.676. The monoisotopic (exact) mass is 219 g/mol. The number of nitrogens with zero attached hydrogens (tertiary/aromatic N) is 1. The Bertz CT molecular complexity index is 163. The third-order valence-corrected chi connectivity index (χ3v) is 3.19. The number of rotatable bonds is 3. The summed E-state index contributed by atoms with van der Waals surface area (Å²) in [4.78, 5) is 2.47. The summed E-state index contributed by atoms with van der Waals surface area (Å²) in [5.74, 6) is 1.33. The largest absolute Gasteiger partial charge is 0.374 e. The molecule has 0 bridgehead atoms. The first-order chi connectivity index (χ1) is 6.61. The van der Waals surface area contributed by atoms with E-state index in [1.54, 1.807) is 0 Å². The van der Waals surface area contributed by atoms with Crippen LogP contribution in [0.3, 0.4) is 0 Å². The maximum Gasteiger partial charge on any atom is 0.0677 e. The summed E-state index contributed by atoms with van der Waals surface area (Å²) in [6, 6.07) is 0. The molecule has 0 N–H and O–H groups in total. The Hall–Kier alpha value is 0.210. The second kappa shape index (κ2) is 5.94. The van der Waals surface area contributed by atoms with Gasteiger partial charge >= 0.3 is 0 Å². The highest BCUT2D eigenvalue weighted by molar-refractivity contribution is 6.18. The first kappa shape index (κ1) is 12.3. The zero-order chi connectivity index (χ0) is 10.6. The SMILES string of the molecule is CC(CCl)CN1CCC(C)OC(C)C1. The molecule has 0 saturated carbocycles. The van der Waals surface area contributed by atoms with E-state index in [-0.39, 0.29) is 0 Å². The van der Waals surface area contributed by atoms with E-state index < -0.39 is 0 Å². The van der Waals surface area contributed by atoms with Crippen LogP contribution in [-0.4, -0.2) is 42.6 Å². The van der Waals surface area contributed by atoms with Gasteiger partial charge in [-0.1, -0.05) is 6.92 Å². The number of halogens is 1. The predicted octanol–water partition coefficient (Wildman–Crippen LogP) is 2.36. The lowest BCUT2D eigenvalue weighted by Crippen LogP contribution is -2.34. The average molecular weight is 220 g/mol. The Labute approximate surface area is 92.6 Å². The minimum atomic E-state index is 0.357. The fourth-order valence-electron chi connectivity index (χ4n) is 1.98. The van der Waals surface area contributed by atoms with Crippen LogP contribution in [0.25, 0.3) is 0 Å². The van der Waals surface area contributed by atoms with Crippen LogP contribution in [0, 0.1) is 5.92 Å². The fraction of sp³-hybridized carbons (Fsp3) is 1.00. The highest BCUT2D eigenvalue weighted by atomic mass is 35.5. The van der Waals surface area contributed by atoms with Crippen molar-refractivity contribution >= 4 is 11.6 Å². The van der Waals surface area contributed by atoms with E-state index in [1.807, 2.05) is 0 Å². The van der Waals surface area contributed by atoms with Gasteiger partial charge in [-0.25, -0.2) is 0 Å². The van der Waals surface area contributed by atoms with E-state index >= 15 is 0 Å². The van der Waals surface area contributed by atoms with Gasteiger partial charge in [0.15, 0.2) is 0 Å². The molecule has 0 radical (unpaired) electrons. The van der Waals surface area contributed by atoms with Crippen LogP contribution in [0.15, 0.2) is 0 Å².